The number of carboxylic acids is 1. The Hall–Kier alpha value is -2.84. The van der Waals surface area contributed by atoms with Crippen molar-refractivity contribution < 1.29 is 14.3 Å². The molecule has 8 nitrogen and oxygen atoms in total. The number of oxazole rings is 1. The Balaban J connectivity index is 1.59. The zero-order chi connectivity index (χ0) is 21.9. The second-order valence-electron chi connectivity index (χ2n) is 8.43. The molecule has 162 valence electrons. The minimum Gasteiger partial charge on any atom is -0.477 e. The van der Waals surface area contributed by atoms with Crippen molar-refractivity contribution in [2.75, 3.05) is 18.0 Å². The van der Waals surface area contributed by atoms with Crippen LogP contribution in [0.2, 0.25) is 5.02 Å². The number of rotatable bonds is 5. The Morgan fingerprint density at radius 2 is 2.16 bits per heavy atom. The SMILES string of the molecule is Cc1c(N2CCC(C(N)c3ncco3)C2)c(Cl)cc2c(=O)c(C(=O)O)cn(C3CC3)c12. The van der Waals surface area contributed by atoms with Crippen molar-refractivity contribution in [3.63, 3.8) is 0 Å². The summed E-state index contributed by atoms with van der Waals surface area (Å²) < 4.78 is 7.33. The number of pyridine rings is 1. The first-order valence-corrected chi connectivity index (χ1v) is 10.8. The van der Waals surface area contributed by atoms with E-state index in [0.29, 0.717) is 22.8 Å². The molecule has 1 saturated carbocycles. The summed E-state index contributed by atoms with van der Waals surface area (Å²) in [5.74, 6) is -0.538. The van der Waals surface area contributed by atoms with Crippen LogP contribution in [0.1, 0.15) is 53.2 Å². The molecule has 1 aromatic carbocycles. The van der Waals surface area contributed by atoms with Gasteiger partial charge in [0.2, 0.25) is 11.3 Å². The third-order valence-corrected chi connectivity index (χ3v) is 6.72. The molecule has 2 unspecified atom stereocenters. The summed E-state index contributed by atoms with van der Waals surface area (Å²) in [4.78, 5) is 30.9. The number of aromatic nitrogens is 2. The number of nitrogens with zero attached hydrogens (tertiary/aromatic N) is 3. The fourth-order valence-corrected chi connectivity index (χ4v) is 5.11. The maximum absolute atomic E-state index is 12.9. The van der Waals surface area contributed by atoms with E-state index in [1.807, 2.05) is 11.5 Å². The normalized spacial score (nSPS) is 19.8. The average molecular weight is 443 g/mol. The third-order valence-electron chi connectivity index (χ3n) is 6.43. The van der Waals surface area contributed by atoms with Crippen LogP contribution in [0.4, 0.5) is 5.69 Å². The van der Waals surface area contributed by atoms with Gasteiger partial charge in [-0.05, 0) is 37.8 Å². The van der Waals surface area contributed by atoms with Gasteiger partial charge < -0.3 is 24.7 Å². The number of aryl methyl sites for hydroxylation is 1. The van der Waals surface area contributed by atoms with E-state index in [1.165, 1.54) is 12.5 Å². The van der Waals surface area contributed by atoms with Crippen molar-refractivity contribution in [2.24, 2.45) is 11.7 Å². The van der Waals surface area contributed by atoms with E-state index in [-0.39, 0.29) is 23.6 Å². The van der Waals surface area contributed by atoms with E-state index in [0.717, 1.165) is 42.6 Å². The molecule has 0 amide bonds. The molecule has 31 heavy (non-hydrogen) atoms. The molecular formula is C22H23ClN4O4. The average Bonchev–Trinajstić information content (AvgIpc) is 3.22. The molecule has 1 saturated heterocycles. The van der Waals surface area contributed by atoms with Gasteiger partial charge in [0.25, 0.3) is 0 Å². The highest BCUT2D eigenvalue weighted by Gasteiger charge is 2.34. The topological polar surface area (TPSA) is 115 Å². The van der Waals surface area contributed by atoms with Gasteiger partial charge in [-0.15, -0.1) is 0 Å². The van der Waals surface area contributed by atoms with Crippen LogP contribution in [0.5, 0.6) is 0 Å². The number of halogens is 1. The Morgan fingerprint density at radius 1 is 1.39 bits per heavy atom. The molecule has 1 aliphatic carbocycles. The highest BCUT2D eigenvalue weighted by atomic mass is 35.5. The first kappa shape index (κ1) is 20.1. The quantitative estimate of drug-likeness (QED) is 0.621. The highest BCUT2D eigenvalue weighted by Crippen LogP contribution is 2.43. The fraction of sp³-hybridized carbons (Fsp3) is 0.409. The number of hydrogen-bond acceptors (Lipinski definition) is 6. The molecule has 5 rings (SSSR count). The fourth-order valence-electron chi connectivity index (χ4n) is 4.74. The molecule has 3 N–H and O–H groups in total. The first-order chi connectivity index (χ1) is 14.9. The molecule has 3 heterocycles. The van der Waals surface area contributed by atoms with Crippen molar-refractivity contribution in [3.05, 3.63) is 57.0 Å². The predicted molar refractivity (Wildman–Crippen MR) is 117 cm³/mol. The van der Waals surface area contributed by atoms with Crippen LogP contribution < -0.4 is 16.1 Å². The molecule has 0 radical (unpaired) electrons. The van der Waals surface area contributed by atoms with Gasteiger partial charge in [-0.3, -0.25) is 4.79 Å². The lowest BCUT2D eigenvalue weighted by Crippen LogP contribution is -2.27. The lowest BCUT2D eigenvalue weighted by Gasteiger charge is -2.25. The van der Waals surface area contributed by atoms with E-state index >= 15 is 0 Å². The lowest BCUT2D eigenvalue weighted by molar-refractivity contribution is 0.0695. The van der Waals surface area contributed by atoms with E-state index in [1.54, 1.807) is 12.3 Å². The summed E-state index contributed by atoms with van der Waals surface area (Å²) >= 11 is 6.67. The van der Waals surface area contributed by atoms with Crippen LogP contribution in [-0.2, 0) is 0 Å². The molecule has 2 atom stereocenters. The van der Waals surface area contributed by atoms with Crippen LogP contribution in [-0.4, -0.2) is 33.7 Å². The minimum absolute atomic E-state index is 0.157. The highest BCUT2D eigenvalue weighted by molar-refractivity contribution is 6.34. The molecule has 2 aliphatic rings. The molecular weight excluding hydrogens is 420 g/mol. The van der Waals surface area contributed by atoms with Crippen LogP contribution in [0.25, 0.3) is 10.9 Å². The van der Waals surface area contributed by atoms with E-state index < -0.39 is 11.4 Å². The molecule has 0 bridgehead atoms. The van der Waals surface area contributed by atoms with Crippen LogP contribution in [0, 0.1) is 12.8 Å². The summed E-state index contributed by atoms with van der Waals surface area (Å²) in [5.41, 5.74) is 8.16. The molecule has 1 aliphatic heterocycles. The number of hydrogen-bond donors (Lipinski definition) is 2. The van der Waals surface area contributed by atoms with E-state index in [2.05, 4.69) is 9.88 Å². The van der Waals surface area contributed by atoms with Crippen molar-refractivity contribution >= 4 is 34.2 Å². The minimum atomic E-state index is -1.22. The summed E-state index contributed by atoms with van der Waals surface area (Å²) in [6, 6.07) is 1.52. The maximum atomic E-state index is 12.9. The summed E-state index contributed by atoms with van der Waals surface area (Å²) in [7, 11) is 0. The summed E-state index contributed by atoms with van der Waals surface area (Å²) in [5, 5.41) is 10.3. The van der Waals surface area contributed by atoms with Crippen LogP contribution in [0.3, 0.4) is 0 Å². The summed E-state index contributed by atoms with van der Waals surface area (Å²) in [6.45, 7) is 3.41. The van der Waals surface area contributed by atoms with Crippen molar-refractivity contribution in [3.8, 4) is 0 Å². The number of aromatic carboxylic acids is 1. The first-order valence-electron chi connectivity index (χ1n) is 10.4. The van der Waals surface area contributed by atoms with Crippen molar-refractivity contribution in [1.29, 1.82) is 0 Å². The molecule has 2 fully saturated rings. The van der Waals surface area contributed by atoms with Crippen molar-refractivity contribution in [2.45, 2.75) is 38.3 Å². The predicted octanol–water partition coefficient (Wildman–Crippen LogP) is 3.51. The zero-order valence-corrected chi connectivity index (χ0v) is 17.8. The lowest BCUT2D eigenvalue weighted by atomic mass is 10.00. The Kier molecular flexibility index (Phi) is 4.79. The second kappa shape index (κ2) is 7.39. The monoisotopic (exact) mass is 442 g/mol. The summed E-state index contributed by atoms with van der Waals surface area (Å²) in [6.07, 6.45) is 7.39. The molecule has 9 heteroatoms. The Labute approximate surface area is 183 Å². The Morgan fingerprint density at radius 3 is 2.81 bits per heavy atom. The number of nitrogens with two attached hydrogens (primary N) is 1. The van der Waals surface area contributed by atoms with Gasteiger partial charge in [-0.25, -0.2) is 9.78 Å². The van der Waals surface area contributed by atoms with E-state index in [9.17, 15) is 14.7 Å². The third kappa shape index (κ3) is 3.30. The number of carboxylic acid groups (broad SMARTS) is 1. The van der Waals surface area contributed by atoms with Gasteiger partial charge in [-0.2, -0.15) is 0 Å². The Bertz CT molecular complexity index is 1230. The smallest absolute Gasteiger partial charge is 0.341 e. The van der Waals surface area contributed by atoms with Gasteiger partial charge in [0.05, 0.1) is 28.5 Å². The number of fused-ring (bicyclic) bond motifs is 1. The van der Waals surface area contributed by atoms with E-state index in [4.69, 9.17) is 21.8 Å². The number of carbonyl (C=O) groups is 1. The van der Waals surface area contributed by atoms with Gasteiger partial charge in [0.1, 0.15) is 11.8 Å². The van der Waals surface area contributed by atoms with Gasteiger partial charge >= 0.3 is 5.97 Å². The maximum Gasteiger partial charge on any atom is 0.341 e. The zero-order valence-electron chi connectivity index (χ0n) is 17.0. The number of benzene rings is 1. The molecule has 3 aromatic rings. The second-order valence-corrected chi connectivity index (χ2v) is 8.84. The van der Waals surface area contributed by atoms with Gasteiger partial charge in [0, 0.05) is 36.6 Å². The largest absolute Gasteiger partial charge is 0.477 e. The molecule has 2 aromatic heterocycles. The van der Waals surface area contributed by atoms with Gasteiger partial charge in [-0.1, -0.05) is 11.6 Å². The van der Waals surface area contributed by atoms with Crippen LogP contribution >= 0.6 is 11.6 Å². The number of anilines is 1. The van der Waals surface area contributed by atoms with Gasteiger partial charge in [0.15, 0.2) is 0 Å². The standard InChI is InChI=1S/C22H23ClN4O4/c1-11-18-14(20(28)15(22(29)30)10-27(18)13-2-3-13)8-16(23)19(11)26-6-4-12(9-26)17(24)21-25-5-7-31-21/h5,7-8,10,12-13,17H,2-4,6,9,24H2,1H3,(H,29,30). The molecule has 0 spiro atoms. The van der Waals surface area contributed by atoms with Crippen molar-refractivity contribution in [1.82, 2.24) is 9.55 Å². The van der Waals surface area contributed by atoms with Crippen LogP contribution in [0.15, 0.2) is 33.9 Å².